The summed E-state index contributed by atoms with van der Waals surface area (Å²) in [5.41, 5.74) is 2.64. The molecule has 138 valence electrons. The van der Waals surface area contributed by atoms with Crippen molar-refractivity contribution in [1.29, 1.82) is 0 Å². The maximum Gasteiger partial charge on any atom is 0.224 e. The van der Waals surface area contributed by atoms with Crippen molar-refractivity contribution in [3.8, 4) is 5.75 Å². The van der Waals surface area contributed by atoms with Gasteiger partial charge in [0.2, 0.25) is 11.9 Å². The highest BCUT2D eigenvalue weighted by atomic mass is 16.5. The van der Waals surface area contributed by atoms with Crippen LogP contribution in [0.15, 0.2) is 60.8 Å². The number of methoxy groups -OCH3 is 1. The number of nitrogens with one attached hydrogen (secondary N) is 3. The summed E-state index contributed by atoms with van der Waals surface area (Å²) < 4.78 is 5.16. The molecule has 0 aliphatic heterocycles. The highest BCUT2D eigenvalue weighted by molar-refractivity contribution is 5.89. The molecule has 0 saturated heterocycles. The minimum absolute atomic E-state index is 0.112. The Labute approximate surface area is 157 Å². The van der Waals surface area contributed by atoms with Crippen molar-refractivity contribution in [2.24, 2.45) is 0 Å². The summed E-state index contributed by atoms with van der Waals surface area (Å²) in [6, 6.07) is 17.0. The van der Waals surface area contributed by atoms with Crippen LogP contribution in [0.1, 0.15) is 12.5 Å². The molecule has 0 fully saturated rings. The number of hydrogen-bond donors (Lipinski definition) is 3. The quantitative estimate of drug-likeness (QED) is 0.592. The highest BCUT2D eigenvalue weighted by Gasteiger charge is 2.02. The Bertz CT molecular complexity index is 912. The summed E-state index contributed by atoms with van der Waals surface area (Å²) in [6.07, 6.45) is 1.68. The van der Waals surface area contributed by atoms with E-state index in [1.165, 1.54) is 6.92 Å². The Kier molecular flexibility index (Phi) is 5.84. The van der Waals surface area contributed by atoms with Crippen LogP contribution in [0.4, 0.5) is 23.1 Å². The number of benzene rings is 2. The Balaban J connectivity index is 1.63. The molecule has 7 heteroatoms. The van der Waals surface area contributed by atoms with E-state index in [1.54, 1.807) is 19.4 Å². The van der Waals surface area contributed by atoms with Gasteiger partial charge in [0.05, 0.1) is 7.11 Å². The van der Waals surface area contributed by atoms with Crippen LogP contribution < -0.4 is 20.7 Å². The van der Waals surface area contributed by atoms with Gasteiger partial charge in [0.1, 0.15) is 11.6 Å². The molecule has 2 aromatic carbocycles. The summed E-state index contributed by atoms with van der Waals surface area (Å²) >= 11 is 0. The van der Waals surface area contributed by atoms with Crippen LogP contribution in [0.25, 0.3) is 0 Å². The zero-order valence-electron chi connectivity index (χ0n) is 15.2. The van der Waals surface area contributed by atoms with Crippen molar-refractivity contribution in [3.63, 3.8) is 0 Å². The van der Waals surface area contributed by atoms with E-state index in [1.807, 2.05) is 48.5 Å². The Morgan fingerprint density at radius 2 is 1.85 bits per heavy atom. The number of nitrogens with zero attached hydrogens (tertiary/aromatic N) is 2. The normalized spacial score (nSPS) is 10.1. The smallest absolute Gasteiger partial charge is 0.224 e. The molecule has 0 spiro atoms. The number of rotatable bonds is 7. The number of aromatic nitrogens is 2. The van der Waals surface area contributed by atoms with Gasteiger partial charge in [-0.1, -0.05) is 18.2 Å². The fourth-order valence-electron chi connectivity index (χ4n) is 2.46. The van der Waals surface area contributed by atoms with Crippen LogP contribution in [-0.4, -0.2) is 23.0 Å². The maximum atomic E-state index is 11.2. The van der Waals surface area contributed by atoms with Gasteiger partial charge >= 0.3 is 0 Å². The Morgan fingerprint density at radius 1 is 1.07 bits per heavy atom. The molecule has 0 bridgehead atoms. The fraction of sp³-hybridized carbons (Fsp3) is 0.150. The van der Waals surface area contributed by atoms with Gasteiger partial charge in [0.15, 0.2) is 0 Å². The lowest BCUT2D eigenvalue weighted by Crippen LogP contribution is -2.06. The Hall–Kier alpha value is -3.61. The lowest BCUT2D eigenvalue weighted by molar-refractivity contribution is -0.114. The number of hydrogen-bond acceptors (Lipinski definition) is 6. The molecule has 27 heavy (non-hydrogen) atoms. The van der Waals surface area contributed by atoms with Gasteiger partial charge in [-0.3, -0.25) is 4.79 Å². The summed E-state index contributed by atoms with van der Waals surface area (Å²) in [5.74, 6) is 1.89. The van der Waals surface area contributed by atoms with E-state index >= 15 is 0 Å². The number of amides is 1. The molecule has 3 rings (SSSR count). The molecule has 1 amide bonds. The molecule has 0 saturated carbocycles. The van der Waals surface area contributed by atoms with E-state index in [0.717, 1.165) is 22.7 Å². The maximum absolute atomic E-state index is 11.2. The van der Waals surface area contributed by atoms with E-state index in [0.29, 0.717) is 18.3 Å². The monoisotopic (exact) mass is 363 g/mol. The van der Waals surface area contributed by atoms with E-state index in [4.69, 9.17) is 4.74 Å². The minimum Gasteiger partial charge on any atom is -0.497 e. The molecular formula is C20H21N5O2. The first-order chi connectivity index (χ1) is 13.1. The second-order valence-electron chi connectivity index (χ2n) is 5.85. The zero-order valence-corrected chi connectivity index (χ0v) is 15.2. The van der Waals surface area contributed by atoms with Crippen LogP contribution in [0.5, 0.6) is 5.75 Å². The van der Waals surface area contributed by atoms with Crippen LogP contribution >= 0.6 is 0 Å². The number of ether oxygens (including phenoxy) is 1. The van der Waals surface area contributed by atoms with Crippen LogP contribution in [0, 0.1) is 0 Å². The van der Waals surface area contributed by atoms with Gasteiger partial charge in [0, 0.05) is 31.0 Å². The van der Waals surface area contributed by atoms with Crippen molar-refractivity contribution in [2.75, 3.05) is 23.1 Å². The first kappa shape index (κ1) is 18.2. The van der Waals surface area contributed by atoms with Gasteiger partial charge < -0.3 is 20.7 Å². The average molecular weight is 363 g/mol. The van der Waals surface area contributed by atoms with Gasteiger partial charge in [-0.2, -0.15) is 4.98 Å². The van der Waals surface area contributed by atoms with Gasteiger partial charge in [-0.15, -0.1) is 0 Å². The molecular weight excluding hydrogens is 342 g/mol. The van der Waals surface area contributed by atoms with Gasteiger partial charge in [-0.05, 0) is 42.0 Å². The molecule has 7 nitrogen and oxygen atoms in total. The average Bonchev–Trinajstić information content (AvgIpc) is 2.67. The lowest BCUT2D eigenvalue weighted by atomic mass is 10.2. The second kappa shape index (κ2) is 8.66. The predicted molar refractivity (Wildman–Crippen MR) is 106 cm³/mol. The summed E-state index contributed by atoms with van der Waals surface area (Å²) in [7, 11) is 1.64. The number of carbonyl (C=O) groups is 1. The molecule has 3 aromatic rings. The third-order valence-corrected chi connectivity index (χ3v) is 3.72. The third kappa shape index (κ3) is 5.43. The third-order valence-electron chi connectivity index (χ3n) is 3.72. The molecule has 0 aliphatic carbocycles. The van der Waals surface area contributed by atoms with Crippen LogP contribution in [-0.2, 0) is 11.3 Å². The highest BCUT2D eigenvalue weighted by Crippen LogP contribution is 2.19. The summed E-state index contributed by atoms with van der Waals surface area (Å²) in [4.78, 5) is 19.9. The van der Waals surface area contributed by atoms with E-state index in [-0.39, 0.29) is 5.91 Å². The molecule has 3 N–H and O–H groups in total. The molecule has 0 radical (unpaired) electrons. The van der Waals surface area contributed by atoms with E-state index in [2.05, 4.69) is 25.9 Å². The second-order valence-corrected chi connectivity index (χ2v) is 5.85. The SMILES string of the molecule is COc1ccc(CNc2nccc(Nc3cccc(NC(C)=O)c3)n2)cc1. The van der Waals surface area contributed by atoms with Crippen molar-refractivity contribution in [2.45, 2.75) is 13.5 Å². The summed E-state index contributed by atoms with van der Waals surface area (Å²) in [5, 5.41) is 9.17. The largest absolute Gasteiger partial charge is 0.497 e. The van der Waals surface area contributed by atoms with E-state index < -0.39 is 0 Å². The zero-order chi connectivity index (χ0) is 19.1. The minimum atomic E-state index is -0.112. The molecule has 1 heterocycles. The van der Waals surface area contributed by atoms with Gasteiger partial charge in [-0.25, -0.2) is 4.98 Å². The van der Waals surface area contributed by atoms with Crippen molar-refractivity contribution in [1.82, 2.24) is 9.97 Å². The van der Waals surface area contributed by atoms with Gasteiger partial charge in [0.25, 0.3) is 0 Å². The topological polar surface area (TPSA) is 88.2 Å². The molecule has 1 aromatic heterocycles. The first-order valence-electron chi connectivity index (χ1n) is 8.47. The van der Waals surface area contributed by atoms with Crippen LogP contribution in [0.3, 0.4) is 0 Å². The summed E-state index contributed by atoms with van der Waals surface area (Å²) in [6.45, 7) is 2.08. The van der Waals surface area contributed by atoms with Crippen molar-refractivity contribution in [3.05, 3.63) is 66.4 Å². The molecule has 0 atom stereocenters. The van der Waals surface area contributed by atoms with E-state index in [9.17, 15) is 4.79 Å². The Morgan fingerprint density at radius 3 is 2.59 bits per heavy atom. The number of carbonyl (C=O) groups excluding carboxylic acids is 1. The predicted octanol–water partition coefficient (Wildman–Crippen LogP) is 3.80. The first-order valence-corrected chi connectivity index (χ1v) is 8.47. The molecule has 0 aliphatic rings. The van der Waals surface area contributed by atoms with Crippen molar-refractivity contribution < 1.29 is 9.53 Å². The molecule has 0 unspecified atom stereocenters. The van der Waals surface area contributed by atoms with Crippen LogP contribution in [0.2, 0.25) is 0 Å². The standard InChI is InChI=1S/C20H21N5O2/c1-14(26)23-16-4-3-5-17(12-16)24-19-10-11-21-20(25-19)22-13-15-6-8-18(27-2)9-7-15/h3-12H,13H2,1-2H3,(H,23,26)(H2,21,22,24,25). The number of anilines is 4. The fourth-order valence-corrected chi connectivity index (χ4v) is 2.46. The lowest BCUT2D eigenvalue weighted by Gasteiger charge is -2.10. The van der Waals surface area contributed by atoms with Crippen molar-refractivity contribution >= 4 is 29.0 Å².